The second-order valence-electron chi connectivity index (χ2n) is 4.11. The molecular formula is C17H31N3. The van der Waals surface area contributed by atoms with E-state index in [1.165, 1.54) is 5.69 Å². The molecule has 1 aliphatic heterocycles. The monoisotopic (exact) mass is 277 g/mol. The van der Waals surface area contributed by atoms with E-state index in [0.717, 1.165) is 39.3 Å². The summed E-state index contributed by atoms with van der Waals surface area (Å²) >= 11 is 0. The molecule has 0 atom stereocenters. The predicted molar refractivity (Wildman–Crippen MR) is 92.2 cm³/mol. The van der Waals surface area contributed by atoms with Gasteiger partial charge in [-0.1, -0.05) is 45.9 Å². The minimum Gasteiger partial charge on any atom is -0.369 e. The summed E-state index contributed by atoms with van der Waals surface area (Å²) in [6.45, 7) is 17.9. The third-order valence-corrected chi connectivity index (χ3v) is 3.07. The molecule has 0 saturated carbocycles. The fraction of sp³-hybridized carbons (Fsp3) is 0.588. The lowest BCUT2D eigenvalue weighted by Crippen LogP contribution is -2.47. The summed E-state index contributed by atoms with van der Waals surface area (Å²) in [7, 11) is 0. The zero-order chi connectivity index (χ0) is 15.2. The van der Waals surface area contributed by atoms with Crippen molar-refractivity contribution in [1.29, 1.82) is 0 Å². The molecule has 0 aliphatic carbocycles. The summed E-state index contributed by atoms with van der Waals surface area (Å²) in [5.74, 6) is 0. The number of piperazine rings is 1. The molecule has 1 heterocycles. The first-order valence-electron chi connectivity index (χ1n) is 7.85. The van der Waals surface area contributed by atoms with Gasteiger partial charge in [0.1, 0.15) is 0 Å². The number of aliphatic imine (C=N–C) groups is 1. The Morgan fingerprint density at radius 3 is 2.00 bits per heavy atom. The van der Waals surface area contributed by atoms with Gasteiger partial charge in [0.25, 0.3) is 0 Å². The van der Waals surface area contributed by atoms with Gasteiger partial charge < -0.3 is 4.90 Å². The molecule has 3 heteroatoms. The first kappa shape index (κ1) is 18.7. The summed E-state index contributed by atoms with van der Waals surface area (Å²) in [6, 6.07) is 10.6. The maximum absolute atomic E-state index is 3.90. The SMILES string of the molecule is C=NCCN1CCN(c2ccccc2)CC1.CC.CC. The predicted octanol–water partition coefficient (Wildman–Crippen LogP) is 3.56. The van der Waals surface area contributed by atoms with Crippen molar-refractivity contribution in [1.82, 2.24) is 4.90 Å². The molecule has 114 valence electrons. The highest BCUT2D eigenvalue weighted by Gasteiger charge is 2.15. The molecule has 1 fully saturated rings. The van der Waals surface area contributed by atoms with Crippen LogP contribution in [-0.4, -0.2) is 50.9 Å². The van der Waals surface area contributed by atoms with Gasteiger partial charge in [0, 0.05) is 38.4 Å². The van der Waals surface area contributed by atoms with E-state index in [9.17, 15) is 0 Å². The van der Waals surface area contributed by atoms with Crippen LogP contribution in [-0.2, 0) is 0 Å². The van der Waals surface area contributed by atoms with E-state index in [2.05, 4.69) is 51.8 Å². The van der Waals surface area contributed by atoms with Gasteiger partial charge in [-0.3, -0.25) is 9.89 Å². The number of para-hydroxylation sites is 1. The van der Waals surface area contributed by atoms with Crippen molar-refractivity contribution in [2.24, 2.45) is 4.99 Å². The summed E-state index contributed by atoms with van der Waals surface area (Å²) in [4.78, 5) is 8.80. The standard InChI is InChI=1S/C13H19N3.2C2H6/c1-14-7-8-15-9-11-16(12-10-15)13-5-3-2-4-6-13;2*1-2/h2-6H,1,7-12H2;2*1-2H3. The lowest BCUT2D eigenvalue weighted by molar-refractivity contribution is 0.265. The normalized spacial score (nSPS) is 14.5. The van der Waals surface area contributed by atoms with Crippen LogP contribution in [0.3, 0.4) is 0 Å². The first-order valence-corrected chi connectivity index (χ1v) is 7.85. The highest BCUT2D eigenvalue weighted by molar-refractivity contribution is 5.46. The lowest BCUT2D eigenvalue weighted by atomic mass is 10.2. The Hall–Kier alpha value is -1.35. The van der Waals surface area contributed by atoms with Gasteiger partial charge >= 0.3 is 0 Å². The van der Waals surface area contributed by atoms with Crippen molar-refractivity contribution in [2.45, 2.75) is 27.7 Å². The van der Waals surface area contributed by atoms with Crippen LogP contribution in [0.2, 0.25) is 0 Å². The van der Waals surface area contributed by atoms with E-state index in [1.54, 1.807) is 0 Å². The highest BCUT2D eigenvalue weighted by Crippen LogP contribution is 2.15. The average molecular weight is 277 g/mol. The van der Waals surface area contributed by atoms with Crippen LogP contribution in [0.15, 0.2) is 35.3 Å². The van der Waals surface area contributed by atoms with Crippen molar-refractivity contribution in [3.63, 3.8) is 0 Å². The molecule has 0 aromatic heterocycles. The van der Waals surface area contributed by atoms with Crippen molar-refractivity contribution >= 4 is 12.4 Å². The van der Waals surface area contributed by atoms with Gasteiger partial charge in [0.2, 0.25) is 0 Å². The second kappa shape index (κ2) is 12.7. The van der Waals surface area contributed by atoms with Gasteiger partial charge in [0.15, 0.2) is 0 Å². The van der Waals surface area contributed by atoms with Crippen molar-refractivity contribution < 1.29 is 0 Å². The molecule has 1 aromatic carbocycles. The molecule has 1 aliphatic rings. The van der Waals surface area contributed by atoms with Crippen LogP contribution in [0.1, 0.15) is 27.7 Å². The van der Waals surface area contributed by atoms with Crippen molar-refractivity contribution in [3.8, 4) is 0 Å². The van der Waals surface area contributed by atoms with E-state index < -0.39 is 0 Å². The fourth-order valence-electron chi connectivity index (χ4n) is 2.08. The molecule has 0 amide bonds. The third-order valence-electron chi connectivity index (χ3n) is 3.07. The molecule has 0 N–H and O–H groups in total. The summed E-state index contributed by atoms with van der Waals surface area (Å²) in [5, 5.41) is 0. The second-order valence-corrected chi connectivity index (χ2v) is 4.11. The smallest absolute Gasteiger partial charge is 0.0509 e. The van der Waals surface area contributed by atoms with Gasteiger partial charge in [-0.2, -0.15) is 0 Å². The van der Waals surface area contributed by atoms with Crippen LogP contribution in [0, 0.1) is 0 Å². The average Bonchev–Trinajstić information content (AvgIpc) is 2.58. The molecular weight excluding hydrogens is 246 g/mol. The molecule has 0 unspecified atom stereocenters. The fourth-order valence-corrected chi connectivity index (χ4v) is 2.08. The summed E-state index contributed by atoms with van der Waals surface area (Å²) in [6.07, 6.45) is 0. The number of benzene rings is 1. The zero-order valence-electron chi connectivity index (χ0n) is 13.7. The molecule has 1 saturated heterocycles. The Balaban J connectivity index is 0.000000829. The van der Waals surface area contributed by atoms with E-state index in [1.807, 2.05) is 27.7 Å². The third kappa shape index (κ3) is 6.71. The summed E-state index contributed by atoms with van der Waals surface area (Å²) in [5.41, 5.74) is 1.34. The van der Waals surface area contributed by atoms with E-state index in [-0.39, 0.29) is 0 Å². The number of hydrogen-bond acceptors (Lipinski definition) is 3. The van der Waals surface area contributed by atoms with Crippen LogP contribution in [0.25, 0.3) is 0 Å². The Morgan fingerprint density at radius 1 is 0.950 bits per heavy atom. The number of rotatable bonds is 4. The largest absolute Gasteiger partial charge is 0.369 e. The van der Waals surface area contributed by atoms with Gasteiger partial charge in [0.05, 0.1) is 6.54 Å². The molecule has 0 bridgehead atoms. The Bertz CT molecular complexity index is 316. The Morgan fingerprint density at radius 2 is 1.50 bits per heavy atom. The lowest BCUT2D eigenvalue weighted by Gasteiger charge is -2.35. The molecule has 1 aromatic rings. The van der Waals surface area contributed by atoms with Crippen LogP contribution in [0.4, 0.5) is 5.69 Å². The van der Waals surface area contributed by atoms with Gasteiger partial charge in [-0.15, -0.1) is 0 Å². The van der Waals surface area contributed by atoms with Crippen LogP contribution < -0.4 is 4.90 Å². The minimum atomic E-state index is 0.853. The topological polar surface area (TPSA) is 18.8 Å². The molecule has 0 radical (unpaired) electrons. The number of hydrogen-bond donors (Lipinski definition) is 0. The highest BCUT2D eigenvalue weighted by atomic mass is 15.3. The number of nitrogens with zero attached hydrogens (tertiary/aromatic N) is 3. The van der Waals surface area contributed by atoms with Gasteiger partial charge in [-0.05, 0) is 18.9 Å². The summed E-state index contributed by atoms with van der Waals surface area (Å²) < 4.78 is 0. The first-order chi connectivity index (χ1) is 9.90. The Labute approximate surface area is 125 Å². The molecule has 2 rings (SSSR count). The van der Waals surface area contributed by atoms with Gasteiger partial charge in [-0.25, -0.2) is 0 Å². The quantitative estimate of drug-likeness (QED) is 0.784. The van der Waals surface area contributed by atoms with Crippen LogP contribution in [0.5, 0.6) is 0 Å². The molecule has 20 heavy (non-hydrogen) atoms. The van der Waals surface area contributed by atoms with Crippen LogP contribution >= 0.6 is 0 Å². The maximum Gasteiger partial charge on any atom is 0.0509 e. The minimum absolute atomic E-state index is 0.853. The molecule has 3 nitrogen and oxygen atoms in total. The van der Waals surface area contributed by atoms with Crippen molar-refractivity contribution in [2.75, 3.05) is 44.2 Å². The molecule has 0 spiro atoms. The number of anilines is 1. The van der Waals surface area contributed by atoms with E-state index in [4.69, 9.17) is 0 Å². The van der Waals surface area contributed by atoms with E-state index >= 15 is 0 Å². The Kier molecular flexibility index (Phi) is 11.8. The van der Waals surface area contributed by atoms with Crippen molar-refractivity contribution in [3.05, 3.63) is 30.3 Å². The maximum atomic E-state index is 3.90. The zero-order valence-corrected chi connectivity index (χ0v) is 13.7. The van der Waals surface area contributed by atoms with E-state index in [0.29, 0.717) is 0 Å².